The molecule has 0 unspecified atom stereocenters. The molecule has 0 radical (unpaired) electrons. The quantitative estimate of drug-likeness (QED) is 0.238. The third kappa shape index (κ3) is 3.91. The van der Waals surface area contributed by atoms with E-state index in [-0.39, 0.29) is 12.5 Å². The highest BCUT2D eigenvalue weighted by Gasteiger charge is 2.30. The number of fused-ring (bicyclic) bond motifs is 1. The number of hydrazone groups is 1. The Labute approximate surface area is 157 Å². The van der Waals surface area contributed by atoms with Gasteiger partial charge in [-0.1, -0.05) is 30.3 Å². The maximum absolute atomic E-state index is 13.0. The molecule has 0 fully saturated rings. The number of amides is 1. The van der Waals surface area contributed by atoms with Gasteiger partial charge in [-0.25, -0.2) is 5.84 Å². The summed E-state index contributed by atoms with van der Waals surface area (Å²) in [7, 11) is 0. The zero-order chi connectivity index (χ0) is 20.3. The predicted octanol–water partition coefficient (Wildman–Crippen LogP) is 2.13. The molecule has 0 bridgehead atoms. The summed E-state index contributed by atoms with van der Waals surface area (Å²) in [6, 6.07) is 12.1. The summed E-state index contributed by atoms with van der Waals surface area (Å²) in [4.78, 5) is 12.5. The van der Waals surface area contributed by atoms with Gasteiger partial charge in [0.2, 0.25) is 5.96 Å². The number of alkyl halides is 3. The monoisotopic (exact) mass is 390 g/mol. The molecule has 0 atom stereocenters. The first-order valence-electron chi connectivity index (χ1n) is 8.13. The minimum absolute atomic E-state index is 0.125. The largest absolute Gasteiger partial charge is 0.416 e. The Balaban J connectivity index is 1.98. The first-order valence-corrected chi connectivity index (χ1v) is 8.13. The third-order valence-corrected chi connectivity index (χ3v) is 4.14. The number of rotatable bonds is 3. The van der Waals surface area contributed by atoms with Crippen LogP contribution in [0.2, 0.25) is 0 Å². The van der Waals surface area contributed by atoms with E-state index in [9.17, 15) is 18.0 Å². The molecule has 28 heavy (non-hydrogen) atoms. The minimum atomic E-state index is -4.42. The zero-order valence-corrected chi connectivity index (χ0v) is 14.5. The summed E-state index contributed by atoms with van der Waals surface area (Å²) in [5, 5.41) is 6.34. The van der Waals surface area contributed by atoms with Crippen molar-refractivity contribution in [3.8, 4) is 0 Å². The van der Waals surface area contributed by atoms with Gasteiger partial charge in [-0.15, -0.1) is 5.10 Å². The molecule has 2 aromatic carbocycles. The van der Waals surface area contributed by atoms with Gasteiger partial charge in [-0.3, -0.25) is 15.5 Å². The number of carbonyl (C=O) groups excluding carboxylic acids is 1. The summed E-state index contributed by atoms with van der Waals surface area (Å²) in [5.41, 5.74) is 2.87. The molecular formula is C18H17F3N6O. The average Bonchev–Trinajstić information content (AvgIpc) is 3.04. The van der Waals surface area contributed by atoms with Gasteiger partial charge in [-0.2, -0.15) is 13.2 Å². The number of nitrogens with one attached hydrogen (secondary N) is 2. The van der Waals surface area contributed by atoms with Crippen LogP contribution < -0.4 is 22.4 Å². The number of nitrogens with zero attached hydrogens (tertiary/aromatic N) is 2. The summed E-state index contributed by atoms with van der Waals surface area (Å²) in [6.45, 7) is 0.157. The Hall–Kier alpha value is -3.53. The highest BCUT2D eigenvalue weighted by atomic mass is 19.4. The van der Waals surface area contributed by atoms with E-state index in [4.69, 9.17) is 11.7 Å². The molecule has 7 nitrogen and oxygen atoms in total. The lowest BCUT2D eigenvalue weighted by Gasteiger charge is -2.10. The van der Waals surface area contributed by atoms with Crippen molar-refractivity contribution in [1.29, 1.82) is 0 Å². The second-order valence-corrected chi connectivity index (χ2v) is 5.96. The van der Waals surface area contributed by atoms with Crippen LogP contribution in [0.4, 0.5) is 13.2 Å². The Bertz CT molecular complexity index is 1040. The smallest absolute Gasteiger partial charge is 0.342 e. The summed E-state index contributed by atoms with van der Waals surface area (Å²) in [5.74, 6) is 9.68. The second kappa shape index (κ2) is 7.61. The second-order valence-electron chi connectivity index (χ2n) is 5.96. The molecule has 146 valence electrons. The fourth-order valence-corrected chi connectivity index (χ4v) is 2.88. The van der Waals surface area contributed by atoms with Crippen molar-refractivity contribution < 1.29 is 18.0 Å². The molecule has 3 aromatic rings. The molecule has 1 amide bonds. The van der Waals surface area contributed by atoms with Crippen LogP contribution in [0.25, 0.3) is 10.9 Å². The van der Waals surface area contributed by atoms with Crippen LogP contribution in [0, 0.1) is 0 Å². The highest BCUT2D eigenvalue weighted by molar-refractivity contribution is 6.12. The van der Waals surface area contributed by atoms with Crippen molar-refractivity contribution in [2.75, 3.05) is 0 Å². The van der Waals surface area contributed by atoms with Crippen LogP contribution in [0.5, 0.6) is 0 Å². The standard InChI is InChI=1S/C18H17F3N6O/c19-18(20,21)12-5-3-4-11(8-12)9-27-10-14(13-6-1-2-7-15(13)27)16(28)24-17(25-22)26-23/h1-8,10H,9,22-23H2,(H2,24,25,26,28). The maximum Gasteiger partial charge on any atom is 0.416 e. The molecule has 0 spiro atoms. The number of benzene rings is 2. The Kier molecular flexibility index (Phi) is 5.23. The van der Waals surface area contributed by atoms with Gasteiger partial charge in [0, 0.05) is 23.6 Å². The van der Waals surface area contributed by atoms with Gasteiger partial charge < -0.3 is 10.4 Å². The highest BCUT2D eigenvalue weighted by Crippen LogP contribution is 2.30. The van der Waals surface area contributed by atoms with Crippen LogP contribution in [0.1, 0.15) is 21.5 Å². The van der Waals surface area contributed by atoms with Gasteiger partial charge in [0.1, 0.15) is 0 Å². The zero-order valence-electron chi connectivity index (χ0n) is 14.5. The number of carbonyl (C=O) groups is 1. The van der Waals surface area contributed by atoms with E-state index >= 15 is 0 Å². The van der Waals surface area contributed by atoms with E-state index in [1.165, 1.54) is 6.07 Å². The molecule has 3 rings (SSSR count). The van der Waals surface area contributed by atoms with E-state index < -0.39 is 17.6 Å². The molecular weight excluding hydrogens is 373 g/mol. The van der Waals surface area contributed by atoms with E-state index in [0.29, 0.717) is 22.0 Å². The normalized spacial score (nSPS) is 12.2. The minimum Gasteiger partial charge on any atom is -0.342 e. The van der Waals surface area contributed by atoms with E-state index in [1.807, 2.05) is 0 Å². The molecule has 6 N–H and O–H groups in total. The topological polar surface area (TPSA) is 110 Å². The molecule has 1 heterocycles. The predicted molar refractivity (Wildman–Crippen MR) is 98.9 cm³/mol. The number of nitrogens with two attached hydrogens (primary N) is 2. The molecule has 10 heteroatoms. The van der Waals surface area contributed by atoms with Crippen LogP contribution in [-0.2, 0) is 12.7 Å². The molecule has 0 aliphatic rings. The first-order chi connectivity index (χ1) is 13.3. The van der Waals surface area contributed by atoms with E-state index in [0.717, 1.165) is 12.1 Å². The number of guanidine groups is 1. The van der Waals surface area contributed by atoms with Crippen molar-refractivity contribution in [3.63, 3.8) is 0 Å². The Morgan fingerprint density at radius 2 is 1.89 bits per heavy atom. The number of halogens is 3. The van der Waals surface area contributed by atoms with Crippen LogP contribution >= 0.6 is 0 Å². The van der Waals surface area contributed by atoms with Crippen molar-refractivity contribution in [3.05, 3.63) is 71.4 Å². The Morgan fingerprint density at radius 1 is 1.14 bits per heavy atom. The number of para-hydroxylation sites is 1. The lowest BCUT2D eigenvalue weighted by Crippen LogP contribution is -2.45. The summed E-state index contributed by atoms with van der Waals surface area (Å²) in [6.07, 6.45) is -2.86. The summed E-state index contributed by atoms with van der Waals surface area (Å²) < 4.78 is 40.6. The fourth-order valence-electron chi connectivity index (χ4n) is 2.88. The lowest BCUT2D eigenvalue weighted by molar-refractivity contribution is -0.137. The van der Waals surface area contributed by atoms with Crippen molar-refractivity contribution in [2.45, 2.75) is 12.7 Å². The molecule has 0 aliphatic heterocycles. The first kappa shape index (κ1) is 19.2. The van der Waals surface area contributed by atoms with Gasteiger partial charge in [0.05, 0.1) is 11.1 Å². The maximum atomic E-state index is 13.0. The van der Waals surface area contributed by atoms with Crippen LogP contribution in [-0.4, -0.2) is 16.4 Å². The number of hydrogen-bond donors (Lipinski definition) is 4. The van der Waals surface area contributed by atoms with Gasteiger partial charge >= 0.3 is 6.18 Å². The van der Waals surface area contributed by atoms with Gasteiger partial charge in [0.25, 0.3) is 5.91 Å². The van der Waals surface area contributed by atoms with Crippen LogP contribution in [0.3, 0.4) is 0 Å². The number of hydrogen-bond acceptors (Lipinski definition) is 4. The van der Waals surface area contributed by atoms with Crippen molar-refractivity contribution >= 4 is 22.8 Å². The number of aromatic nitrogens is 1. The fraction of sp³-hybridized carbons (Fsp3) is 0.111. The lowest BCUT2D eigenvalue weighted by atomic mass is 10.1. The SMILES string of the molecule is N/N=C(\NN)NC(=O)c1cn(Cc2cccc(C(F)(F)F)c2)c2ccccc12. The average molecular weight is 390 g/mol. The van der Waals surface area contributed by atoms with Crippen molar-refractivity contribution in [2.24, 2.45) is 16.8 Å². The van der Waals surface area contributed by atoms with E-state index in [1.54, 1.807) is 41.1 Å². The molecule has 0 saturated carbocycles. The van der Waals surface area contributed by atoms with Gasteiger partial charge in [-0.05, 0) is 23.8 Å². The molecule has 1 aromatic heterocycles. The van der Waals surface area contributed by atoms with Crippen LogP contribution in [0.15, 0.2) is 59.8 Å². The Morgan fingerprint density at radius 3 is 2.57 bits per heavy atom. The number of hydrazine groups is 1. The molecule has 0 saturated heterocycles. The van der Waals surface area contributed by atoms with E-state index in [2.05, 4.69) is 15.8 Å². The molecule has 0 aliphatic carbocycles. The van der Waals surface area contributed by atoms with Crippen molar-refractivity contribution in [1.82, 2.24) is 15.3 Å². The van der Waals surface area contributed by atoms with Gasteiger partial charge in [0.15, 0.2) is 0 Å². The summed E-state index contributed by atoms with van der Waals surface area (Å²) >= 11 is 0. The third-order valence-electron chi connectivity index (χ3n) is 4.14.